The molecule has 10 heteroatoms. The fraction of sp³-hybridized carbons (Fsp3) is 0.391. The molecule has 1 aromatic carbocycles. The molecule has 0 spiro atoms. The van der Waals surface area contributed by atoms with Crippen molar-refractivity contribution in [1.82, 2.24) is 19.7 Å². The van der Waals surface area contributed by atoms with Crippen molar-refractivity contribution < 1.29 is 18.7 Å². The van der Waals surface area contributed by atoms with Crippen molar-refractivity contribution in [2.24, 2.45) is 5.92 Å². The molecule has 5 rings (SSSR count). The zero-order valence-electron chi connectivity index (χ0n) is 18.0. The molecule has 4 heterocycles. The monoisotopic (exact) mass is 486 g/mol. The van der Waals surface area contributed by atoms with E-state index in [9.17, 15) is 9.59 Å². The smallest absolute Gasteiger partial charge is 0.309 e. The second-order valence-corrected chi connectivity index (χ2v) is 9.59. The van der Waals surface area contributed by atoms with E-state index in [1.165, 1.54) is 16.4 Å². The molecule has 2 aliphatic rings. The molecule has 33 heavy (non-hydrogen) atoms. The summed E-state index contributed by atoms with van der Waals surface area (Å²) in [7, 11) is 0. The fourth-order valence-electron chi connectivity index (χ4n) is 4.42. The summed E-state index contributed by atoms with van der Waals surface area (Å²) in [5, 5.41) is 5.18. The number of ether oxygens (including phenoxy) is 1. The minimum absolute atomic E-state index is 0.105. The quantitative estimate of drug-likeness (QED) is 0.476. The van der Waals surface area contributed by atoms with E-state index < -0.39 is 5.25 Å². The zero-order valence-corrected chi connectivity index (χ0v) is 19.6. The van der Waals surface area contributed by atoms with Crippen molar-refractivity contribution in [3.63, 3.8) is 0 Å². The summed E-state index contributed by atoms with van der Waals surface area (Å²) in [5.74, 6) is 0.561. The van der Waals surface area contributed by atoms with Crippen molar-refractivity contribution >= 4 is 35.2 Å². The summed E-state index contributed by atoms with van der Waals surface area (Å²) >= 11 is 7.54. The van der Waals surface area contributed by atoms with Gasteiger partial charge >= 0.3 is 5.97 Å². The molecule has 0 radical (unpaired) electrons. The van der Waals surface area contributed by atoms with Gasteiger partial charge in [-0.2, -0.15) is 9.67 Å². The molecule has 1 fully saturated rings. The van der Waals surface area contributed by atoms with E-state index in [1.807, 2.05) is 31.2 Å². The molecule has 2 unspecified atom stereocenters. The fourth-order valence-corrected chi connectivity index (χ4v) is 5.80. The maximum absolute atomic E-state index is 13.4. The van der Waals surface area contributed by atoms with Gasteiger partial charge in [0.05, 0.1) is 24.8 Å². The predicted molar refractivity (Wildman–Crippen MR) is 123 cm³/mol. The molecule has 2 aliphatic heterocycles. The first-order valence-electron chi connectivity index (χ1n) is 10.9. The molecule has 0 N–H and O–H groups in total. The highest BCUT2D eigenvalue weighted by atomic mass is 35.5. The number of halogens is 1. The number of aromatic nitrogens is 3. The van der Waals surface area contributed by atoms with E-state index in [0.29, 0.717) is 54.3 Å². The second kappa shape index (κ2) is 9.32. The summed E-state index contributed by atoms with van der Waals surface area (Å²) in [6.07, 6.45) is 2.94. The molecule has 0 aliphatic carbocycles. The molecule has 2 atom stereocenters. The van der Waals surface area contributed by atoms with Gasteiger partial charge < -0.3 is 9.15 Å². The molecular formula is C23H23ClN4O4S. The van der Waals surface area contributed by atoms with Crippen LogP contribution in [0.1, 0.15) is 36.2 Å². The highest BCUT2D eigenvalue weighted by Crippen LogP contribution is 2.43. The molecule has 8 nitrogen and oxygen atoms in total. The molecule has 3 aromatic rings. The number of esters is 1. The third-order valence-corrected chi connectivity index (χ3v) is 7.49. The number of carbonyl (C=O) groups is 2. The number of benzene rings is 1. The Labute approximate surface area is 200 Å². The minimum Gasteiger partial charge on any atom is -0.466 e. The Balaban J connectivity index is 1.39. The van der Waals surface area contributed by atoms with Crippen molar-refractivity contribution in [3.8, 4) is 11.6 Å². The summed E-state index contributed by atoms with van der Waals surface area (Å²) in [4.78, 5) is 32.4. The Morgan fingerprint density at radius 3 is 2.67 bits per heavy atom. The molecule has 0 amide bonds. The SMILES string of the molecule is CCOC(=O)C1CCN(C(c2ccc(Cl)cc2)C2Sc3nc(-c4ccco4)nn3C2=O)CC1. The number of hydrogen-bond acceptors (Lipinski definition) is 8. The Hall–Kier alpha value is -2.62. The molecule has 172 valence electrons. The van der Waals surface area contributed by atoms with Crippen LogP contribution in [0.15, 0.2) is 52.2 Å². The van der Waals surface area contributed by atoms with E-state index in [2.05, 4.69) is 15.0 Å². The van der Waals surface area contributed by atoms with Crippen LogP contribution in [-0.4, -0.2) is 56.5 Å². The normalized spacial score (nSPS) is 20.1. The molecular weight excluding hydrogens is 464 g/mol. The van der Waals surface area contributed by atoms with Crippen LogP contribution in [0.3, 0.4) is 0 Å². The average molecular weight is 487 g/mol. The number of rotatable bonds is 6. The van der Waals surface area contributed by atoms with Gasteiger partial charge in [0.2, 0.25) is 5.82 Å². The molecule has 2 aromatic heterocycles. The number of furan rings is 1. The lowest BCUT2D eigenvalue weighted by atomic mass is 9.93. The lowest BCUT2D eigenvalue weighted by Crippen LogP contribution is -2.44. The number of piperidine rings is 1. The van der Waals surface area contributed by atoms with Crippen LogP contribution in [-0.2, 0) is 9.53 Å². The Morgan fingerprint density at radius 1 is 1.27 bits per heavy atom. The van der Waals surface area contributed by atoms with Gasteiger partial charge in [-0.05, 0) is 62.7 Å². The van der Waals surface area contributed by atoms with Crippen molar-refractivity contribution in [1.29, 1.82) is 0 Å². The summed E-state index contributed by atoms with van der Waals surface area (Å²) in [6.45, 7) is 3.59. The van der Waals surface area contributed by atoms with Crippen LogP contribution < -0.4 is 0 Å². The maximum atomic E-state index is 13.4. The number of nitrogens with zero attached hydrogens (tertiary/aromatic N) is 4. The van der Waals surface area contributed by atoms with Crippen LogP contribution in [0.2, 0.25) is 5.02 Å². The number of fused-ring (bicyclic) bond motifs is 1. The van der Waals surface area contributed by atoms with Crippen molar-refractivity contribution in [3.05, 3.63) is 53.2 Å². The molecule has 0 saturated carbocycles. The van der Waals surface area contributed by atoms with Gasteiger partial charge in [-0.15, -0.1) is 5.10 Å². The average Bonchev–Trinajstić information content (AvgIpc) is 3.55. The first-order valence-corrected chi connectivity index (χ1v) is 12.2. The summed E-state index contributed by atoms with van der Waals surface area (Å²) < 4.78 is 12.0. The zero-order chi connectivity index (χ0) is 22.9. The first-order chi connectivity index (χ1) is 16.0. The van der Waals surface area contributed by atoms with Gasteiger partial charge in [0.15, 0.2) is 10.9 Å². The largest absolute Gasteiger partial charge is 0.466 e. The van der Waals surface area contributed by atoms with E-state index in [0.717, 1.165) is 5.56 Å². The van der Waals surface area contributed by atoms with E-state index >= 15 is 0 Å². The number of thioether (sulfide) groups is 1. The number of likely N-dealkylation sites (tertiary alicyclic amines) is 1. The topological polar surface area (TPSA) is 90.5 Å². The van der Waals surface area contributed by atoms with Gasteiger partial charge in [-0.25, -0.2) is 0 Å². The molecule has 0 bridgehead atoms. The van der Waals surface area contributed by atoms with E-state index in [4.69, 9.17) is 20.8 Å². The van der Waals surface area contributed by atoms with Gasteiger partial charge in [0, 0.05) is 5.02 Å². The van der Waals surface area contributed by atoms with Gasteiger partial charge in [-0.3, -0.25) is 14.5 Å². The maximum Gasteiger partial charge on any atom is 0.309 e. The second-order valence-electron chi connectivity index (χ2n) is 8.04. The van der Waals surface area contributed by atoms with Crippen LogP contribution in [0.25, 0.3) is 11.6 Å². The van der Waals surface area contributed by atoms with Crippen LogP contribution in [0.5, 0.6) is 0 Å². The lowest BCUT2D eigenvalue weighted by Gasteiger charge is -2.38. The summed E-state index contributed by atoms with van der Waals surface area (Å²) in [6, 6.07) is 10.9. The van der Waals surface area contributed by atoms with Gasteiger partial charge in [-0.1, -0.05) is 35.5 Å². The lowest BCUT2D eigenvalue weighted by molar-refractivity contribution is -0.149. The predicted octanol–water partition coefficient (Wildman–Crippen LogP) is 4.32. The standard InChI is InChI=1S/C23H23ClN4O4S/c1-2-31-22(30)15-9-11-27(12-10-15)18(14-5-7-16(24)8-6-14)19-21(29)28-23(33-19)25-20(26-28)17-4-3-13-32-17/h3-8,13,15,18-19H,2,9-12H2,1H3. The molecule has 1 saturated heterocycles. The van der Waals surface area contributed by atoms with Gasteiger partial charge in [0.25, 0.3) is 5.91 Å². The van der Waals surface area contributed by atoms with Crippen LogP contribution >= 0.6 is 23.4 Å². The number of carbonyl (C=O) groups excluding carboxylic acids is 2. The van der Waals surface area contributed by atoms with E-state index in [1.54, 1.807) is 18.4 Å². The Kier molecular flexibility index (Phi) is 6.27. The summed E-state index contributed by atoms with van der Waals surface area (Å²) in [5.41, 5.74) is 0.997. The van der Waals surface area contributed by atoms with Crippen molar-refractivity contribution in [2.75, 3.05) is 19.7 Å². The Morgan fingerprint density at radius 2 is 2.03 bits per heavy atom. The third-order valence-electron chi connectivity index (χ3n) is 6.04. The third kappa shape index (κ3) is 4.32. The Bertz CT molecular complexity index is 1140. The first kappa shape index (κ1) is 22.2. The van der Waals surface area contributed by atoms with Crippen LogP contribution in [0, 0.1) is 5.92 Å². The van der Waals surface area contributed by atoms with Crippen molar-refractivity contribution in [2.45, 2.75) is 36.2 Å². The van der Waals surface area contributed by atoms with Crippen LogP contribution in [0.4, 0.5) is 0 Å². The number of hydrogen-bond donors (Lipinski definition) is 0. The highest BCUT2D eigenvalue weighted by Gasteiger charge is 2.44. The van der Waals surface area contributed by atoms with Gasteiger partial charge in [0.1, 0.15) is 5.25 Å². The minimum atomic E-state index is -0.411. The van der Waals surface area contributed by atoms with E-state index in [-0.39, 0.29) is 23.8 Å². The highest BCUT2D eigenvalue weighted by molar-refractivity contribution is 8.00.